The van der Waals surface area contributed by atoms with Crippen molar-refractivity contribution in [3.63, 3.8) is 0 Å². The fraction of sp³-hybridized carbons (Fsp3) is 0.444. The lowest BCUT2D eigenvalue weighted by Gasteiger charge is -1.87. The van der Waals surface area contributed by atoms with Gasteiger partial charge in [-0.1, -0.05) is 19.1 Å². The van der Waals surface area contributed by atoms with Crippen molar-refractivity contribution in [2.45, 2.75) is 27.2 Å². The van der Waals surface area contributed by atoms with Gasteiger partial charge >= 0.3 is 0 Å². The molecule has 1 heteroatoms. The Bertz CT molecular complexity index is 112. The van der Waals surface area contributed by atoms with Crippen molar-refractivity contribution < 1.29 is 0 Å². The number of hydrogen-bond donors (Lipinski definition) is 0. The third-order valence-corrected chi connectivity index (χ3v) is 0.899. The Morgan fingerprint density at radius 2 is 1.90 bits per heavy atom. The second-order valence-corrected chi connectivity index (χ2v) is 1.70. The van der Waals surface area contributed by atoms with Crippen LogP contribution in [0.1, 0.15) is 27.2 Å². The Morgan fingerprint density at radius 3 is 1.90 bits per heavy atom. The molecule has 0 aromatic heterocycles. The molecule has 0 radical (unpaired) electrons. The number of aliphatic imine (C=N–C) groups is 1. The SMILES string of the molecule is C=CC.C=N/C(=C\C)CC. The zero-order chi connectivity index (χ0) is 8.41. The van der Waals surface area contributed by atoms with Crippen molar-refractivity contribution in [2.24, 2.45) is 4.99 Å². The van der Waals surface area contributed by atoms with Crippen molar-refractivity contribution in [3.05, 3.63) is 24.4 Å². The van der Waals surface area contributed by atoms with Crippen LogP contribution in [0.4, 0.5) is 0 Å². The first kappa shape index (κ1) is 11.9. The molecule has 0 amide bonds. The van der Waals surface area contributed by atoms with Crippen molar-refractivity contribution in [2.75, 3.05) is 0 Å². The number of nitrogens with zero attached hydrogens (tertiary/aromatic N) is 1. The van der Waals surface area contributed by atoms with Gasteiger partial charge in [0, 0.05) is 5.70 Å². The lowest BCUT2D eigenvalue weighted by molar-refractivity contribution is 1.07. The van der Waals surface area contributed by atoms with E-state index < -0.39 is 0 Å². The van der Waals surface area contributed by atoms with Gasteiger partial charge in [0.15, 0.2) is 0 Å². The van der Waals surface area contributed by atoms with E-state index in [0.29, 0.717) is 0 Å². The zero-order valence-corrected chi connectivity index (χ0v) is 7.22. The maximum Gasteiger partial charge on any atom is 0.0351 e. The van der Waals surface area contributed by atoms with Crippen LogP contribution in [-0.2, 0) is 0 Å². The topological polar surface area (TPSA) is 12.4 Å². The van der Waals surface area contributed by atoms with Gasteiger partial charge in [-0.15, -0.1) is 6.58 Å². The van der Waals surface area contributed by atoms with Gasteiger partial charge in [-0.3, -0.25) is 4.99 Å². The van der Waals surface area contributed by atoms with Gasteiger partial charge < -0.3 is 0 Å². The van der Waals surface area contributed by atoms with Crippen LogP contribution in [0.15, 0.2) is 29.4 Å². The van der Waals surface area contributed by atoms with Crippen LogP contribution in [-0.4, -0.2) is 6.72 Å². The smallest absolute Gasteiger partial charge is 0.0351 e. The summed E-state index contributed by atoms with van der Waals surface area (Å²) in [6, 6.07) is 0. The van der Waals surface area contributed by atoms with Crippen molar-refractivity contribution in [3.8, 4) is 0 Å². The summed E-state index contributed by atoms with van der Waals surface area (Å²) >= 11 is 0. The van der Waals surface area contributed by atoms with Gasteiger partial charge in [-0.25, -0.2) is 0 Å². The van der Waals surface area contributed by atoms with Crippen molar-refractivity contribution >= 4 is 6.72 Å². The molecule has 58 valence electrons. The van der Waals surface area contributed by atoms with E-state index in [1.807, 2.05) is 19.9 Å². The van der Waals surface area contributed by atoms with Gasteiger partial charge in [0.25, 0.3) is 0 Å². The van der Waals surface area contributed by atoms with Crippen molar-refractivity contribution in [1.82, 2.24) is 0 Å². The van der Waals surface area contributed by atoms with E-state index >= 15 is 0 Å². The van der Waals surface area contributed by atoms with Gasteiger partial charge in [-0.05, 0) is 27.0 Å². The summed E-state index contributed by atoms with van der Waals surface area (Å²) < 4.78 is 0. The van der Waals surface area contributed by atoms with E-state index in [2.05, 4.69) is 25.2 Å². The lowest BCUT2D eigenvalue weighted by atomic mass is 10.3. The minimum atomic E-state index is 0.986. The Kier molecular flexibility index (Phi) is 13.1. The van der Waals surface area contributed by atoms with Crippen LogP contribution in [0.25, 0.3) is 0 Å². The summed E-state index contributed by atoms with van der Waals surface area (Å²) in [5.41, 5.74) is 1.07. The minimum absolute atomic E-state index is 0.986. The normalized spacial score (nSPS) is 9.30. The number of allylic oxidation sites excluding steroid dienone is 3. The fourth-order valence-electron chi connectivity index (χ4n) is 0.407. The second-order valence-electron chi connectivity index (χ2n) is 1.70. The van der Waals surface area contributed by atoms with Crippen LogP contribution in [0.3, 0.4) is 0 Å². The van der Waals surface area contributed by atoms with Crippen LogP contribution < -0.4 is 0 Å². The van der Waals surface area contributed by atoms with E-state index in [0.717, 1.165) is 12.1 Å². The molecule has 0 saturated heterocycles. The van der Waals surface area contributed by atoms with Crippen LogP contribution in [0, 0.1) is 0 Å². The maximum absolute atomic E-state index is 3.74. The minimum Gasteiger partial charge on any atom is -0.269 e. The zero-order valence-electron chi connectivity index (χ0n) is 7.22. The molecule has 0 aromatic rings. The maximum atomic E-state index is 3.74. The molecule has 0 atom stereocenters. The molecule has 10 heavy (non-hydrogen) atoms. The summed E-state index contributed by atoms with van der Waals surface area (Å²) in [7, 11) is 0. The molecule has 0 aliphatic rings. The summed E-state index contributed by atoms with van der Waals surface area (Å²) in [6.07, 6.45) is 4.70. The Morgan fingerprint density at radius 1 is 1.50 bits per heavy atom. The second kappa shape index (κ2) is 11.0. The summed E-state index contributed by atoms with van der Waals surface area (Å²) in [6.45, 7) is 12.7. The molecule has 0 heterocycles. The van der Waals surface area contributed by atoms with Crippen LogP contribution in [0.5, 0.6) is 0 Å². The highest BCUT2D eigenvalue weighted by molar-refractivity contribution is 5.28. The molecule has 0 aromatic carbocycles. The third-order valence-electron chi connectivity index (χ3n) is 0.899. The lowest BCUT2D eigenvalue weighted by Crippen LogP contribution is -1.68. The first-order valence-corrected chi connectivity index (χ1v) is 3.45. The Labute approximate surface area is 64.2 Å². The quantitative estimate of drug-likeness (QED) is 0.411. The Balaban J connectivity index is 0. The monoisotopic (exact) mass is 139 g/mol. The molecule has 1 nitrogen and oxygen atoms in total. The number of rotatable bonds is 2. The standard InChI is InChI=1S/C6H11N.C3H6/c1-4-6(5-2)7-3;1-3-2/h4H,3,5H2,1-2H3;3H,1H2,2H3/b6-4-;. The van der Waals surface area contributed by atoms with Gasteiger partial charge in [0.1, 0.15) is 0 Å². The average Bonchev–Trinajstić information content (AvgIpc) is 1.93. The van der Waals surface area contributed by atoms with E-state index in [9.17, 15) is 0 Å². The third kappa shape index (κ3) is 10.2. The van der Waals surface area contributed by atoms with Gasteiger partial charge in [0.05, 0.1) is 0 Å². The molecule has 0 unspecified atom stereocenters. The highest BCUT2D eigenvalue weighted by Crippen LogP contribution is 1.97. The first-order valence-electron chi connectivity index (χ1n) is 3.45. The summed E-state index contributed by atoms with van der Waals surface area (Å²) in [4.78, 5) is 3.74. The molecule has 0 saturated carbocycles. The van der Waals surface area contributed by atoms with Crippen LogP contribution >= 0.6 is 0 Å². The molecule has 0 aliphatic heterocycles. The fourth-order valence-corrected chi connectivity index (χ4v) is 0.407. The average molecular weight is 139 g/mol. The predicted molar refractivity (Wildman–Crippen MR) is 49.5 cm³/mol. The number of hydrogen-bond acceptors (Lipinski definition) is 1. The molecular formula is C9H17N. The summed E-state index contributed by atoms with van der Waals surface area (Å²) in [5.74, 6) is 0. The first-order chi connectivity index (χ1) is 4.76. The molecule has 0 fully saturated rings. The molecule has 0 bridgehead atoms. The van der Waals surface area contributed by atoms with Gasteiger partial charge in [-0.2, -0.15) is 0 Å². The molecule has 0 N–H and O–H groups in total. The highest BCUT2D eigenvalue weighted by Gasteiger charge is 1.78. The predicted octanol–water partition coefficient (Wildman–Crippen LogP) is 3.19. The van der Waals surface area contributed by atoms with E-state index in [1.54, 1.807) is 6.08 Å². The highest BCUT2D eigenvalue weighted by atomic mass is 14.7. The Hall–Kier alpha value is -0.850. The van der Waals surface area contributed by atoms with E-state index in [1.165, 1.54) is 0 Å². The molecule has 0 spiro atoms. The van der Waals surface area contributed by atoms with Crippen molar-refractivity contribution in [1.29, 1.82) is 0 Å². The van der Waals surface area contributed by atoms with Crippen LogP contribution in [0.2, 0.25) is 0 Å². The summed E-state index contributed by atoms with van der Waals surface area (Å²) in [5, 5.41) is 0. The van der Waals surface area contributed by atoms with E-state index in [-0.39, 0.29) is 0 Å². The molecular weight excluding hydrogens is 122 g/mol. The molecule has 0 rings (SSSR count). The van der Waals surface area contributed by atoms with E-state index in [4.69, 9.17) is 0 Å². The van der Waals surface area contributed by atoms with Gasteiger partial charge in [0.2, 0.25) is 0 Å². The molecule has 0 aliphatic carbocycles. The largest absolute Gasteiger partial charge is 0.269 e.